The largest absolute Gasteiger partial charge is 0.463 e. The number of ether oxygens (including phenoxy) is 2. The van der Waals surface area contributed by atoms with Crippen LogP contribution >= 0.6 is 0 Å². The lowest BCUT2D eigenvalue weighted by molar-refractivity contribution is -0.139. The van der Waals surface area contributed by atoms with Gasteiger partial charge in [-0.1, -0.05) is 19.1 Å². The van der Waals surface area contributed by atoms with Gasteiger partial charge in [-0.3, -0.25) is 0 Å². The first-order valence-corrected chi connectivity index (χ1v) is 7.76. The van der Waals surface area contributed by atoms with E-state index in [-0.39, 0.29) is 23.6 Å². The van der Waals surface area contributed by atoms with Crippen molar-refractivity contribution in [1.29, 1.82) is 5.26 Å². The van der Waals surface area contributed by atoms with Crippen LogP contribution in [-0.4, -0.2) is 12.6 Å². The van der Waals surface area contributed by atoms with Crippen LogP contribution in [0.5, 0.6) is 0 Å². The molecule has 0 fully saturated rings. The van der Waals surface area contributed by atoms with Crippen molar-refractivity contribution in [2.45, 2.75) is 32.6 Å². The maximum atomic E-state index is 13.3. The minimum Gasteiger partial charge on any atom is -0.463 e. The summed E-state index contributed by atoms with van der Waals surface area (Å²) in [4.78, 5) is 12.5. The van der Waals surface area contributed by atoms with Crippen LogP contribution in [0.15, 0.2) is 47.1 Å². The number of nitrogens with zero attached hydrogens (tertiary/aromatic N) is 1. The molecule has 1 aliphatic rings. The molecule has 0 saturated carbocycles. The van der Waals surface area contributed by atoms with Crippen molar-refractivity contribution in [2.24, 2.45) is 5.73 Å². The fourth-order valence-corrected chi connectivity index (χ4v) is 2.65. The second-order valence-corrected chi connectivity index (χ2v) is 5.28. The number of hydrogen-bond donors (Lipinski definition) is 1. The number of rotatable bonds is 5. The normalized spacial score (nSPS) is 17.3. The van der Waals surface area contributed by atoms with E-state index in [9.17, 15) is 14.4 Å². The highest BCUT2D eigenvalue weighted by atomic mass is 19.1. The lowest BCUT2D eigenvalue weighted by atomic mass is 9.82. The van der Waals surface area contributed by atoms with E-state index in [2.05, 4.69) is 0 Å². The first-order chi connectivity index (χ1) is 11.5. The third kappa shape index (κ3) is 3.40. The maximum Gasteiger partial charge on any atom is 0.338 e. The number of allylic oxidation sites excluding steroid dienone is 2. The molecule has 0 amide bonds. The Balaban J connectivity index is 2.63. The van der Waals surface area contributed by atoms with Crippen LogP contribution in [0.2, 0.25) is 0 Å². The van der Waals surface area contributed by atoms with E-state index < -0.39 is 17.7 Å². The summed E-state index contributed by atoms with van der Waals surface area (Å²) in [6, 6.07) is 7.61. The zero-order valence-corrected chi connectivity index (χ0v) is 13.6. The average Bonchev–Trinajstić information content (AvgIpc) is 2.55. The van der Waals surface area contributed by atoms with Gasteiger partial charge in [0.1, 0.15) is 23.2 Å². The molecule has 0 radical (unpaired) electrons. The zero-order valence-electron chi connectivity index (χ0n) is 13.6. The standard InChI is InChI=1S/C18H19FN2O3/c1-3-5-14-16(18(22)23-4-2)15(13(10-20)17(21)24-14)11-6-8-12(19)9-7-11/h6-9,15H,3-5,21H2,1-2H3/t15-/m1/s1. The molecule has 0 saturated heterocycles. The number of halogens is 1. The van der Waals surface area contributed by atoms with Gasteiger partial charge in [-0.25, -0.2) is 9.18 Å². The van der Waals surface area contributed by atoms with Gasteiger partial charge < -0.3 is 15.2 Å². The number of hydrogen-bond acceptors (Lipinski definition) is 5. The Bertz CT molecular complexity index is 730. The second kappa shape index (κ2) is 7.64. The minimum atomic E-state index is -0.732. The summed E-state index contributed by atoms with van der Waals surface area (Å²) in [6.45, 7) is 3.83. The van der Waals surface area contributed by atoms with Gasteiger partial charge in [0.25, 0.3) is 0 Å². The Morgan fingerprint density at radius 1 is 1.38 bits per heavy atom. The summed E-state index contributed by atoms with van der Waals surface area (Å²) in [5.41, 5.74) is 6.82. The molecule has 0 unspecified atom stereocenters. The molecule has 5 nitrogen and oxygen atoms in total. The average molecular weight is 330 g/mol. The summed E-state index contributed by atoms with van der Waals surface area (Å²) in [6.07, 6.45) is 1.20. The Morgan fingerprint density at radius 2 is 2.04 bits per heavy atom. The third-order valence-electron chi connectivity index (χ3n) is 3.67. The number of carbonyl (C=O) groups excluding carboxylic acids is 1. The van der Waals surface area contributed by atoms with Gasteiger partial charge in [0.2, 0.25) is 5.88 Å². The quantitative estimate of drug-likeness (QED) is 0.838. The highest BCUT2D eigenvalue weighted by Gasteiger charge is 2.37. The van der Waals surface area contributed by atoms with E-state index in [1.165, 1.54) is 24.3 Å². The molecule has 0 bridgehead atoms. The Labute approximate surface area is 140 Å². The fourth-order valence-electron chi connectivity index (χ4n) is 2.65. The molecule has 126 valence electrons. The smallest absolute Gasteiger partial charge is 0.338 e. The minimum absolute atomic E-state index is 0.0386. The molecule has 1 aliphatic heterocycles. The molecule has 1 heterocycles. The molecule has 1 aromatic rings. The van der Waals surface area contributed by atoms with E-state index in [0.717, 1.165) is 6.42 Å². The molecular weight excluding hydrogens is 311 g/mol. The number of esters is 1. The lowest BCUT2D eigenvalue weighted by Crippen LogP contribution is -2.26. The summed E-state index contributed by atoms with van der Waals surface area (Å²) in [7, 11) is 0. The molecule has 1 aromatic carbocycles. The third-order valence-corrected chi connectivity index (χ3v) is 3.67. The number of carbonyl (C=O) groups is 1. The van der Waals surface area contributed by atoms with Gasteiger partial charge in [-0.15, -0.1) is 0 Å². The Hall–Kier alpha value is -2.81. The van der Waals surface area contributed by atoms with Crippen molar-refractivity contribution in [3.8, 4) is 6.07 Å². The van der Waals surface area contributed by atoms with Crippen LogP contribution < -0.4 is 5.73 Å². The van der Waals surface area contributed by atoms with Gasteiger partial charge in [0.05, 0.1) is 18.1 Å². The number of nitriles is 1. The van der Waals surface area contributed by atoms with Crippen LogP contribution in [0, 0.1) is 17.1 Å². The van der Waals surface area contributed by atoms with E-state index in [0.29, 0.717) is 17.7 Å². The predicted molar refractivity (Wildman–Crippen MR) is 85.6 cm³/mol. The van der Waals surface area contributed by atoms with Gasteiger partial charge >= 0.3 is 5.97 Å². The molecule has 0 aliphatic carbocycles. The van der Waals surface area contributed by atoms with E-state index in [4.69, 9.17) is 15.2 Å². The highest BCUT2D eigenvalue weighted by molar-refractivity contribution is 5.92. The molecule has 6 heteroatoms. The van der Waals surface area contributed by atoms with Crippen molar-refractivity contribution in [2.75, 3.05) is 6.61 Å². The van der Waals surface area contributed by atoms with Crippen LogP contribution in [0.25, 0.3) is 0 Å². The monoisotopic (exact) mass is 330 g/mol. The molecule has 2 N–H and O–H groups in total. The molecular formula is C18H19FN2O3. The SMILES string of the molecule is CCCC1=C(C(=O)OCC)[C@H](c2ccc(F)cc2)C(C#N)=C(N)O1. The van der Waals surface area contributed by atoms with Crippen LogP contribution in [0.3, 0.4) is 0 Å². The van der Waals surface area contributed by atoms with Gasteiger partial charge in [0.15, 0.2) is 0 Å². The van der Waals surface area contributed by atoms with Gasteiger partial charge in [0, 0.05) is 6.42 Å². The summed E-state index contributed by atoms with van der Waals surface area (Å²) in [5.74, 6) is -1.35. The van der Waals surface area contributed by atoms with E-state index in [1.807, 2.05) is 13.0 Å². The highest BCUT2D eigenvalue weighted by Crippen LogP contribution is 2.40. The Morgan fingerprint density at radius 3 is 2.58 bits per heavy atom. The number of benzene rings is 1. The first kappa shape index (κ1) is 17.5. The van der Waals surface area contributed by atoms with Crippen molar-refractivity contribution in [3.63, 3.8) is 0 Å². The van der Waals surface area contributed by atoms with Crippen molar-refractivity contribution in [1.82, 2.24) is 0 Å². The maximum absolute atomic E-state index is 13.3. The summed E-state index contributed by atoms with van der Waals surface area (Å²) < 4.78 is 23.9. The molecule has 24 heavy (non-hydrogen) atoms. The predicted octanol–water partition coefficient (Wildman–Crippen LogP) is 3.25. The Kier molecular flexibility index (Phi) is 5.59. The van der Waals surface area contributed by atoms with E-state index >= 15 is 0 Å². The molecule has 0 aromatic heterocycles. The first-order valence-electron chi connectivity index (χ1n) is 7.76. The van der Waals surface area contributed by atoms with E-state index in [1.54, 1.807) is 6.92 Å². The van der Waals surface area contributed by atoms with Gasteiger partial charge in [-0.05, 0) is 31.0 Å². The van der Waals surface area contributed by atoms with Gasteiger partial charge in [-0.2, -0.15) is 5.26 Å². The van der Waals surface area contributed by atoms with Crippen LogP contribution in [-0.2, 0) is 14.3 Å². The molecule has 0 spiro atoms. The topological polar surface area (TPSA) is 85.3 Å². The molecule has 1 atom stereocenters. The second-order valence-electron chi connectivity index (χ2n) is 5.28. The lowest BCUT2D eigenvalue weighted by Gasteiger charge is -2.28. The van der Waals surface area contributed by atoms with Crippen LogP contribution in [0.1, 0.15) is 38.2 Å². The summed E-state index contributed by atoms with van der Waals surface area (Å²) in [5, 5.41) is 9.48. The number of nitrogens with two attached hydrogens (primary N) is 1. The summed E-state index contributed by atoms with van der Waals surface area (Å²) >= 11 is 0. The van der Waals surface area contributed by atoms with Crippen molar-refractivity contribution >= 4 is 5.97 Å². The fraction of sp³-hybridized carbons (Fsp3) is 0.333. The molecule has 2 rings (SSSR count). The zero-order chi connectivity index (χ0) is 17.7. The van der Waals surface area contributed by atoms with Crippen molar-refractivity contribution < 1.29 is 18.7 Å². The van der Waals surface area contributed by atoms with Crippen LogP contribution in [0.4, 0.5) is 4.39 Å². The van der Waals surface area contributed by atoms with Crippen molar-refractivity contribution in [3.05, 3.63) is 58.4 Å².